The van der Waals surface area contributed by atoms with Crippen LogP contribution in [0.1, 0.15) is 29.2 Å². The molecule has 0 spiro atoms. The monoisotopic (exact) mass is 303 g/mol. The van der Waals surface area contributed by atoms with Gasteiger partial charge in [-0.15, -0.1) is 11.3 Å². The van der Waals surface area contributed by atoms with E-state index in [1.807, 2.05) is 11.4 Å². The van der Waals surface area contributed by atoms with Gasteiger partial charge in [0.25, 0.3) is 0 Å². The Labute approximate surface area is 127 Å². The molecule has 1 heterocycles. The third kappa shape index (κ3) is 3.69. The van der Waals surface area contributed by atoms with Crippen molar-refractivity contribution in [1.29, 1.82) is 5.26 Å². The Bertz CT molecular complexity index is 616. The summed E-state index contributed by atoms with van der Waals surface area (Å²) in [6.45, 7) is 0. The van der Waals surface area contributed by atoms with Crippen LogP contribution in [0.15, 0.2) is 41.8 Å². The van der Waals surface area contributed by atoms with Crippen LogP contribution in [0.4, 0.5) is 0 Å². The fraction of sp³-hybridized carbons (Fsp3) is 0.250. The highest BCUT2D eigenvalue weighted by Gasteiger charge is 2.21. The number of benzene rings is 1. The molecule has 0 saturated carbocycles. The lowest BCUT2D eigenvalue weighted by Gasteiger charge is -2.10. The van der Waals surface area contributed by atoms with E-state index in [1.54, 1.807) is 35.6 Å². The van der Waals surface area contributed by atoms with Gasteiger partial charge in [0, 0.05) is 16.3 Å². The normalized spacial score (nSPS) is 11.8. The third-order valence-electron chi connectivity index (χ3n) is 3.09. The largest absolute Gasteiger partial charge is 0.298 e. The number of carbonyl (C=O) groups is 1. The summed E-state index contributed by atoms with van der Waals surface area (Å²) in [7, 11) is 0. The number of nitriles is 1. The van der Waals surface area contributed by atoms with Crippen LogP contribution < -0.4 is 0 Å². The number of hydrogen-bond acceptors (Lipinski definition) is 3. The molecule has 20 heavy (non-hydrogen) atoms. The fourth-order valence-corrected chi connectivity index (χ4v) is 3.06. The van der Waals surface area contributed by atoms with Crippen LogP contribution in [0.25, 0.3) is 0 Å². The summed E-state index contributed by atoms with van der Waals surface area (Å²) < 4.78 is 0. The lowest BCUT2D eigenvalue weighted by atomic mass is 9.93. The first kappa shape index (κ1) is 14.8. The second kappa shape index (κ2) is 7.23. The first-order valence-electron chi connectivity index (χ1n) is 6.41. The van der Waals surface area contributed by atoms with Crippen LogP contribution in [0.5, 0.6) is 0 Å². The lowest BCUT2D eigenvalue weighted by molar-refractivity contribution is -0.119. The summed E-state index contributed by atoms with van der Waals surface area (Å²) in [5.74, 6) is -0.816. The van der Waals surface area contributed by atoms with Gasteiger partial charge in [0.05, 0.1) is 6.07 Å². The van der Waals surface area contributed by atoms with Crippen molar-refractivity contribution in [2.24, 2.45) is 0 Å². The van der Waals surface area contributed by atoms with E-state index in [1.165, 1.54) is 4.88 Å². The molecular formula is C16H14ClNOS. The molecule has 0 saturated heterocycles. The maximum Gasteiger partial charge on any atom is 0.154 e. The van der Waals surface area contributed by atoms with Crippen molar-refractivity contribution >= 4 is 28.7 Å². The molecule has 0 aliphatic carbocycles. The molecule has 4 heteroatoms. The maximum absolute atomic E-state index is 12.2. The molecule has 0 amide bonds. The van der Waals surface area contributed by atoms with E-state index in [-0.39, 0.29) is 5.78 Å². The van der Waals surface area contributed by atoms with Crippen LogP contribution >= 0.6 is 22.9 Å². The number of carbonyl (C=O) groups excluding carboxylic acids is 1. The highest BCUT2D eigenvalue weighted by atomic mass is 35.5. The van der Waals surface area contributed by atoms with Crippen LogP contribution in [0.3, 0.4) is 0 Å². The number of aryl methyl sites for hydroxylation is 1. The van der Waals surface area contributed by atoms with E-state index in [0.717, 1.165) is 12.8 Å². The van der Waals surface area contributed by atoms with Gasteiger partial charge < -0.3 is 0 Å². The molecule has 0 bridgehead atoms. The van der Waals surface area contributed by atoms with E-state index >= 15 is 0 Å². The molecule has 1 aromatic carbocycles. The minimum atomic E-state index is -0.757. The molecule has 1 unspecified atom stereocenters. The summed E-state index contributed by atoms with van der Waals surface area (Å²) in [4.78, 5) is 13.4. The van der Waals surface area contributed by atoms with Gasteiger partial charge in [0.2, 0.25) is 0 Å². The number of rotatable bonds is 6. The minimum absolute atomic E-state index is 0.0582. The molecule has 102 valence electrons. The van der Waals surface area contributed by atoms with Crippen LogP contribution in [0, 0.1) is 11.3 Å². The molecule has 1 atom stereocenters. The summed E-state index contributed by atoms with van der Waals surface area (Å²) in [6.07, 6.45) is 2.05. The molecule has 2 rings (SSSR count). The maximum atomic E-state index is 12.2. The van der Waals surface area contributed by atoms with Crippen molar-refractivity contribution in [1.82, 2.24) is 0 Å². The molecule has 2 aromatic rings. The van der Waals surface area contributed by atoms with Gasteiger partial charge >= 0.3 is 0 Å². The van der Waals surface area contributed by atoms with Gasteiger partial charge in [-0.05, 0) is 35.9 Å². The quantitative estimate of drug-likeness (QED) is 0.782. The van der Waals surface area contributed by atoms with Crippen molar-refractivity contribution in [2.45, 2.75) is 25.2 Å². The first-order chi connectivity index (χ1) is 9.72. The molecule has 2 nitrogen and oxygen atoms in total. The number of Topliss-reactive ketones (excluding diaryl/α,β-unsaturated/α-hetero) is 1. The second-order valence-corrected chi connectivity index (χ2v) is 5.92. The predicted molar refractivity (Wildman–Crippen MR) is 82.1 cm³/mol. The van der Waals surface area contributed by atoms with E-state index < -0.39 is 5.92 Å². The fourth-order valence-electron chi connectivity index (χ4n) is 2.06. The number of halogens is 1. The molecule has 0 radical (unpaired) electrons. The highest BCUT2D eigenvalue weighted by molar-refractivity contribution is 7.09. The standard InChI is InChI=1S/C16H14ClNOS/c17-15-8-2-1-7-13(15)14(11-18)16(19)9-3-5-12-6-4-10-20-12/h1-2,4,6-8,10,14H,3,5,9H2. The van der Waals surface area contributed by atoms with Crippen LogP contribution in [0.2, 0.25) is 5.02 Å². The van der Waals surface area contributed by atoms with E-state index in [9.17, 15) is 10.1 Å². The Morgan fingerprint density at radius 3 is 2.75 bits per heavy atom. The molecular weight excluding hydrogens is 290 g/mol. The van der Waals surface area contributed by atoms with Gasteiger partial charge in [-0.3, -0.25) is 4.79 Å². The van der Waals surface area contributed by atoms with Crippen LogP contribution in [-0.2, 0) is 11.2 Å². The molecule has 1 aromatic heterocycles. The summed E-state index contributed by atoms with van der Waals surface area (Å²) in [5.41, 5.74) is 0.609. The zero-order valence-electron chi connectivity index (χ0n) is 10.9. The Hall–Kier alpha value is -1.63. The zero-order valence-corrected chi connectivity index (χ0v) is 12.5. The van der Waals surface area contributed by atoms with E-state index in [2.05, 4.69) is 12.1 Å². The van der Waals surface area contributed by atoms with Crippen molar-refractivity contribution in [3.05, 3.63) is 57.2 Å². The number of ketones is 1. The minimum Gasteiger partial charge on any atom is -0.298 e. The summed E-state index contributed by atoms with van der Waals surface area (Å²) in [6, 6.07) is 13.2. The molecule has 0 aliphatic heterocycles. The third-order valence-corrected chi connectivity index (χ3v) is 4.37. The van der Waals surface area contributed by atoms with Crippen molar-refractivity contribution in [2.75, 3.05) is 0 Å². The number of thiophene rings is 1. The zero-order chi connectivity index (χ0) is 14.4. The Morgan fingerprint density at radius 1 is 1.30 bits per heavy atom. The van der Waals surface area contributed by atoms with Crippen molar-refractivity contribution in [3.63, 3.8) is 0 Å². The SMILES string of the molecule is N#CC(C(=O)CCCc1cccs1)c1ccccc1Cl. The predicted octanol–water partition coefficient (Wildman–Crippen LogP) is 4.60. The van der Waals surface area contributed by atoms with Gasteiger partial charge in [-0.2, -0.15) is 5.26 Å². The smallest absolute Gasteiger partial charge is 0.154 e. The highest BCUT2D eigenvalue weighted by Crippen LogP contribution is 2.26. The van der Waals surface area contributed by atoms with Gasteiger partial charge in [0.15, 0.2) is 5.78 Å². The Kier molecular flexibility index (Phi) is 5.34. The first-order valence-corrected chi connectivity index (χ1v) is 7.67. The van der Waals surface area contributed by atoms with Gasteiger partial charge in [0.1, 0.15) is 5.92 Å². The van der Waals surface area contributed by atoms with E-state index in [4.69, 9.17) is 11.6 Å². The van der Waals surface area contributed by atoms with Crippen molar-refractivity contribution < 1.29 is 4.79 Å². The lowest BCUT2D eigenvalue weighted by Crippen LogP contribution is -2.11. The van der Waals surface area contributed by atoms with Gasteiger partial charge in [-0.25, -0.2) is 0 Å². The average Bonchev–Trinajstić information content (AvgIpc) is 2.95. The average molecular weight is 304 g/mol. The number of hydrogen-bond donors (Lipinski definition) is 0. The topological polar surface area (TPSA) is 40.9 Å². The molecule has 0 aliphatic rings. The number of nitrogens with zero attached hydrogens (tertiary/aromatic N) is 1. The van der Waals surface area contributed by atoms with E-state index in [0.29, 0.717) is 17.0 Å². The summed E-state index contributed by atoms with van der Waals surface area (Å²) >= 11 is 7.75. The molecule has 0 fully saturated rings. The van der Waals surface area contributed by atoms with Crippen molar-refractivity contribution in [3.8, 4) is 6.07 Å². The van der Waals surface area contributed by atoms with Gasteiger partial charge in [-0.1, -0.05) is 35.9 Å². The second-order valence-electron chi connectivity index (χ2n) is 4.48. The summed E-state index contributed by atoms with van der Waals surface area (Å²) in [5, 5.41) is 11.7. The molecule has 0 N–H and O–H groups in total. The van der Waals surface area contributed by atoms with Crippen LogP contribution in [-0.4, -0.2) is 5.78 Å². The Balaban J connectivity index is 1.96. The Morgan fingerprint density at radius 2 is 2.10 bits per heavy atom.